The number of esters is 1. The first-order chi connectivity index (χ1) is 12.8. The summed E-state index contributed by atoms with van der Waals surface area (Å²) in [4.78, 5) is 46.8. The van der Waals surface area contributed by atoms with Crippen LogP contribution in [-0.4, -0.2) is 42.4 Å². The number of amides is 3. The van der Waals surface area contributed by atoms with Crippen molar-refractivity contribution >= 4 is 23.7 Å². The zero-order chi connectivity index (χ0) is 19.8. The number of imide groups is 1. The van der Waals surface area contributed by atoms with Gasteiger partial charge >= 0.3 is 12.0 Å². The Morgan fingerprint density at radius 1 is 1.19 bits per heavy atom. The summed E-state index contributed by atoms with van der Waals surface area (Å²) < 4.78 is 10.2. The van der Waals surface area contributed by atoms with Crippen molar-refractivity contribution < 1.29 is 28.7 Å². The molecule has 1 fully saturated rings. The van der Waals surface area contributed by atoms with E-state index in [1.54, 1.807) is 18.2 Å². The number of Topliss-reactive ketones (excluding diaryl/α,β-unsaturated/α-hetero) is 1. The van der Waals surface area contributed by atoms with Gasteiger partial charge in [-0.3, -0.25) is 14.9 Å². The highest BCUT2D eigenvalue weighted by atomic mass is 16.6. The maximum Gasteiger partial charge on any atom is 0.344 e. The predicted octanol–water partition coefficient (Wildman–Crippen LogP) is 1.97. The van der Waals surface area contributed by atoms with Crippen LogP contribution in [0.4, 0.5) is 4.79 Å². The first-order valence-electron chi connectivity index (χ1n) is 8.90. The highest BCUT2D eigenvalue weighted by Crippen LogP contribution is 2.17. The molecule has 146 valence electrons. The monoisotopic (exact) mass is 376 g/mol. The number of carbonyl (C=O) groups is 4. The minimum absolute atomic E-state index is 0.0785. The SMILES string of the molecule is CC(=O)c1cccc(OCC(=O)O[C@@H](C)C(=O)NC(=O)NC2CCCC2)c1. The van der Waals surface area contributed by atoms with E-state index in [1.165, 1.54) is 19.9 Å². The summed E-state index contributed by atoms with van der Waals surface area (Å²) in [6, 6.07) is 5.87. The molecule has 8 heteroatoms. The van der Waals surface area contributed by atoms with Crippen LogP contribution < -0.4 is 15.4 Å². The third-order valence-corrected chi connectivity index (χ3v) is 4.20. The smallest absolute Gasteiger partial charge is 0.344 e. The number of benzene rings is 1. The molecule has 2 N–H and O–H groups in total. The Kier molecular flexibility index (Phi) is 7.34. The second-order valence-corrected chi connectivity index (χ2v) is 6.45. The lowest BCUT2D eigenvalue weighted by atomic mass is 10.1. The van der Waals surface area contributed by atoms with Crippen LogP contribution in [0, 0.1) is 0 Å². The molecule has 8 nitrogen and oxygen atoms in total. The van der Waals surface area contributed by atoms with E-state index in [0.29, 0.717) is 11.3 Å². The Hall–Kier alpha value is -2.90. The topological polar surface area (TPSA) is 111 Å². The lowest BCUT2D eigenvalue weighted by molar-refractivity contribution is -0.156. The maximum atomic E-state index is 11.9. The fourth-order valence-electron chi connectivity index (χ4n) is 2.74. The molecule has 27 heavy (non-hydrogen) atoms. The minimum atomic E-state index is -1.14. The van der Waals surface area contributed by atoms with Crippen molar-refractivity contribution in [3.63, 3.8) is 0 Å². The van der Waals surface area contributed by atoms with Gasteiger partial charge in [0.05, 0.1) is 0 Å². The molecule has 3 amide bonds. The normalized spacial score (nSPS) is 14.9. The van der Waals surface area contributed by atoms with Gasteiger partial charge in [0.2, 0.25) is 0 Å². The molecular formula is C19H24N2O6. The van der Waals surface area contributed by atoms with E-state index in [0.717, 1.165) is 25.7 Å². The first kappa shape index (κ1) is 20.4. The van der Waals surface area contributed by atoms with Crippen molar-refractivity contribution in [1.82, 2.24) is 10.6 Å². The molecule has 0 aromatic heterocycles. The maximum absolute atomic E-state index is 11.9. The van der Waals surface area contributed by atoms with Gasteiger partial charge in [0.15, 0.2) is 18.5 Å². The van der Waals surface area contributed by atoms with E-state index in [2.05, 4.69) is 10.6 Å². The number of urea groups is 1. The largest absolute Gasteiger partial charge is 0.482 e. The summed E-state index contributed by atoms with van der Waals surface area (Å²) in [5.74, 6) is -1.25. The standard InChI is InChI=1S/C19H24N2O6/c1-12(22)14-6-5-9-16(10-14)26-11-17(23)27-13(2)18(24)21-19(25)20-15-7-3-4-8-15/h5-6,9-10,13,15H,3-4,7-8,11H2,1-2H3,(H2,20,21,24,25)/t13-/m0/s1. The molecule has 1 aliphatic carbocycles. The molecule has 0 aliphatic heterocycles. The molecule has 0 spiro atoms. The third-order valence-electron chi connectivity index (χ3n) is 4.20. The second-order valence-electron chi connectivity index (χ2n) is 6.45. The lowest BCUT2D eigenvalue weighted by Gasteiger charge is -2.15. The van der Waals surface area contributed by atoms with Crippen molar-refractivity contribution in [1.29, 1.82) is 0 Å². The Morgan fingerprint density at radius 2 is 1.89 bits per heavy atom. The molecule has 1 aliphatic rings. The highest BCUT2D eigenvalue weighted by Gasteiger charge is 2.22. The predicted molar refractivity (Wildman–Crippen MR) is 96.4 cm³/mol. The van der Waals surface area contributed by atoms with Gasteiger partial charge in [0.25, 0.3) is 5.91 Å². The van der Waals surface area contributed by atoms with Gasteiger partial charge in [-0.2, -0.15) is 0 Å². The molecular weight excluding hydrogens is 352 g/mol. The van der Waals surface area contributed by atoms with Gasteiger partial charge in [-0.25, -0.2) is 9.59 Å². The van der Waals surface area contributed by atoms with E-state index < -0.39 is 30.6 Å². The van der Waals surface area contributed by atoms with Crippen molar-refractivity contribution in [3.8, 4) is 5.75 Å². The molecule has 0 saturated heterocycles. The number of ketones is 1. The van der Waals surface area contributed by atoms with E-state index >= 15 is 0 Å². The van der Waals surface area contributed by atoms with Crippen LogP contribution in [0.5, 0.6) is 5.75 Å². The molecule has 1 atom stereocenters. The van der Waals surface area contributed by atoms with Gasteiger partial charge in [-0.1, -0.05) is 25.0 Å². The Balaban J connectivity index is 1.73. The summed E-state index contributed by atoms with van der Waals surface area (Å²) in [6.07, 6.45) is 2.77. The lowest BCUT2D eigenvalue weighted by Crippen LogP contribution is -2.47. The number of hydrogen-bond acceptors (Lipinski definition) is 6. The summed E-state index contributed by atoms with van der Waals surface area (Å²) in [5.41, 5.74) is 0.460. The van der Waals surface area contributed by atoms with E-state index in [9.17, 15) is 19.2 Å². The van der Waals surface area contributed by atoms with Crippen LogP contribution in [0.25, 0.3) is 0 Å². The van der Waals surface area contributed by atoms with Gasteiger partial charge in [-0.15, -0.1) is 0 Å². The summed E-state index contributed by atoms with van der Waals surface area (Å²) in [6.45, 7) is 2.37. The number of hydrogen-bond donors (Lipinski definition) is 2. The molecule has 0 bridgehead atoms. The number of ether oxygens (including phenoxy) is 2. The molecule has 1 aromatic carbocycles. The Morgan fingerprint density at radius 3 is 2.56 bits per heavy atom. The van der Waals surface area contributed by atoms with Crippen molar-refractivity contribution in [2.45, 2.75) is 51.7 Å². The second kappa shape index (κ2) is 9.70. The summed E-state index contributed by atoms with van der Waals surface area (Å²) >= 11 is 0. The van der Waals surface area contributed by atoms with Crippen molar-refractivity contribution in [3.05, 3.63) is 29.8 Å². The average molecular weight is 376 g/mol. The fourth-order valence-corrected chi connectivity index (χ4v) is 2.74. The first-order valence-corrected chi connectivity index (χ1v) is 8.90. The fraction of sp³-hybridized carbons (Fsp3) is 0.474. The quantitative estimate of drug-likeness (QED) is 0.556. The van der Waals surface area contributed by atoms with E-state index in [1.807, 2.05) is 0 Å². The number of nitrogens with one attached hydrogen (secondary N) is 2. The van der Waals surface area contributed by atoms with Crippen LogP contribution in [0.15, 0.2) is 24.3 Å². The Bertz CT molecular complexity index is 712. The number of rotatable bonds is 7. The number of carbonyl (C=O) groups excluding carboxylic acids is 4. The van der Waals surface area contributed by atoms with E-state index in [-0.39, 0.29) is 11.8 Å². The van der Waals surface area contributed by atoms with Crippen molar-refractivity contribution in [2.75, 3.05) is 6.61 Å². The third kappa shape index (κ3) is 6.73. The molecule has 0 radical (unpaired) electrons. The van der Waals surface area contributed by atoms with Gasteiger partial charge in [0.1, 0.15) is 5.75 Å². The molecule has 1 saturated carbocycles. The summed E-state index contributed by atoms with van der Waals surface area (Å²) in [7, 11) is 0. The Labute approximate surface area is 157 Å². The zero-order valence-corrected chi connectivity index (χ0v) is 15.4. The van der Waals surface area contributed by atoms with Crippen LogP contribution in [0.3, 0.4) is 0 Å². The molecule has 1 aromatic rings. The van der Waals surface area contributed by atoms with Crippen molar-refractivity contribution in [2.24, 2.45) is 0 Å². The zero-order valence-electron chi connectivity index (χ0n) is 15.4. The van der Waals surface area contributed by atoms with Crippen LogP contribution >= 0.6 is 0 Å². The van der Waals surface area contributed by atoms with E-state index in [4.69, 9.17) is 9.47 Å². The molecule has 2 rings (SSSR count). The van der Waals surface area contributed by atoms with Gasteiger partial charge in [0, 0.05) is 11.6 Å². The minimum Gasteiger partial charge on any atom is -0.482 e. The average Bonchev–Trinajstić information content (AvgIpc) is 3.12. The van der Waals surface area contributed by atoms with Gasteiger partial charge < -0.3 is 14.8 Å². The highest BCUT2D eigenvalue weighted by molar-refractivity contribution is 5.97. The molecule has 0 heterocycles. The van der Waals surface area contributed by atoms with Crippen LogP contribution in [0.2, 0.25) is 0 Å². The van der Waals surface area contributed by atoms with Crippen LogP contribution in [0.1, 0.15) is 49.9 Å². The molecule has 0 unspecified atom stereocenters. The van der Waals surface area contributed by atoms with Crippen LogP contribution in [-0.2, 0) is 14.3 Å². The van der Waals surface area contributed by atoms with Gasteiger partial charge in [-0.05, 0) is 38.8 Å². The summed E-state index contributed by atoms with van der Waals surface area (Å²) in [5, 5.41) is 4.88.